The van der Waals surface area contributed by atoms with Gasteiger partial charge in [-0.25, -0.2) is 4.39 Å². The molecule has 0 bridgehead atoms. The second-order valence-electron chi connectivity index (χ2n) is 3.93. The minimum atomic E-state index is -0.577. The third-order valence-corrected chi connectivity index (χ3v) is 2.55. The number of pyridine rings is 1. The van der Waals surface area contributed by atoms with Crippen LogP contribution in [0.2, 0.25) is 0 Å². The van der Waals surface area contributed by atoms with Crippen LogP contribution in [-0.4, -0.2) is 35.9 Å². The highest BCUT2D eigenvalue weighted by molar-refractivity contribution is 5.94. The van der Waals surface area contributed by atoms with E-state index in [9.17, 15) is 9.18 Å². The van der Waals surface area contributed by atoms with E-state index in [1.165, 1.54) is 17.2 Å². The maximum atomic E-state index is 13.3. The summed E-state index contributed by atoms with van der Waals surface area (Å²) in [6.45, 7) is 1.28. The van der Waals surface area contributed by atoms with Gasteiger partial charge in [0, 0.05) is 19.8 Å². The lowest BCUT2D eigenvalue weighted by Crippen LogP contribution is -2.28. The summed E-state index contributed by atoms with van der Waals surface area (Å²) in [4.78, 5) is 17.0. The Balaban J connectivity index is 2.49. The number of unbranched alkanes of at least 4 members (excludes halogenated alkanes) is 2. The predicted octanol–water partition coefficient (Wildman–Crippen LogP) is 1.42. The summed E-state index contributed by atoms with van der Waals surface area (Å²) in [5.41, 5.74) is 5.45. The summed E-state index contributed by atoms with van der Waals surface area (Å²) in [6, 6.07) is 1.40. The summed E-state index contributed by atoms with van der Waals surface area (Å²) in [5, 5.41) is 0. The molecular weight excluding hydrogens is 221 g/mol. The van der Waals surface area contributed by atoms with Gasteiger partial charge in [-0.2, -0.15) is 0 Å². The van der Waals surface area contributed by atoms with Gasteiger partial charge in [0.25, 0.3) is 5.91 Å². The molecule has 4 nitrogen and oxygen atoms in total. The van der Waals surface area contributed by atoms with Crippen LogP contribution in [0.4, 0.5) is 4.39 Å². The number of nitrogens with two attached hydrogens (primary N) is 1. The molecule has 1 heterocycles. The van der Waals surface area contributed by atoms with Crippen molar-refractivity contribution in [2.24, 2.45) is 5.73 Å². The minimum Gasteiger partial charge on any atom is -0.342 e. The number of halogens is 1. The first-order valence-corrected chi connectivity index (χ1v) is 5.72. The van der Waals surface area contributed by atoms with Gasteiger partial charge in [0.2, 0.25) is 0 Å². The maximum Gasteiger partial charge on any atom is 0.256 e. The standard InChI is InChI=1S/C12H18FN3O/c1-16(8-4-2-3-6-14)12(17)10-5-7-15-9-11(10)13/h5,7,9H,2-4,6,8,14H2,1H3. The van der Waals surface area contributed by atoms with Crippen molar-refractivity contribution in [3.05, 3.63) is 29.8 Å². The molecule has 17 heavy (non-hydrogen) atoms. The van der Waals surface area contributed by atoms with Crippen molar-refractivity contribution in [1.29, 1.82) is 0 Å². The Labute approximate surface area is 101 Å². The van der Waals surface area contributed by atoms with Crippen molar-refractivity contribution in [2.45, 2.75) is 19.3 Å². The van der Waals surface area contributed by atoms with E-state index >= 15 is 0 Å². The van der Waals surface area contributed by atoms with Crippen LogP contribution in [0.3, 0.4) is 0 Å². The lowest BCUT2D eigenvalue weighted by Gasteiger charge is -2.17. The van der Waals surface area contributed by atoms with Gasteiger partial charge in [0.05, 0.1) is 11.8 Å². The van der Waals surface area contributed by atoms with Crippen molar-refractivity contribution in [3.8, 4) is 0 Å². The zero-order chi connectivity index (χ0) is 12.7. The second kappa shape index (κ2) is 6.96. The van der Waals surface area contributed by atoms with Crippen LogP contribution in [-0.2, 0) is 0 Å². The molecule has 0 radical (unpaired) electrons. The van der Waals surface area contributed by atoms with E-state index in [1.54, 1.807) is 7.05 Å². The van der Waals surface area contributed by atoms with Crippen LogP contribution in [0.5, 0.6) is 0 Å². The zero-order valence-electron chi connectivity index (χ0n) is 10.0. The Morgan fingerprint density at radius 2 is 2.24 bits per heavy atom. The average molecular weight is 239 g/mol. The summed E-state index contributed by atoms with van der Waals surface area (Å²) in [6.07, 6.45) is 5.28. The van der Waals surface area contributed by atoms with Gasteiger partial charge < -0.3 is 10.6 Å². The topological polar surface area (TPSA) is 59.2 Å². The van der Waals surface area contributed by atoms with Crippen molar-refractivity contribution in [1.82, 2.24) is 9.88 Å². The SMILES string of the molecule is CN(CCCCCN)C(=O)c1ccncc1F. The fraction of sp³-hybridized carbons (Fsp3) is 0.500. The number of carbonyl (C=O) groups is 1. The predicted molar refractivity (Wildman–Crippen MR) is 64.1 cm³/mol. The van der Waals surface area contributed by atoms with E-state index in [4.69, 9.17) is 5.73 Å². The van der Waals surface area contributed by atoms with Crippen molar-refractivity contribution < 1.29 is 9.18 Å². The summed E-state index contributed by atoms with van der Waals surface area (Å²) >= 11 is 0. The molecule has 0 saturated heterocycles. The first-order valence-electron chi connectivity index (χ1n) is 5.72. The fourth-order valence-electron chi connectivity index (χ4n) is 1.53. The largest absolute Gasteiger partial charge is 0.342 e. The number of carbonyl (C=O) groups excluding carboxylic acids is 1. The molecule has 0 aromatic carbocycles. The molecule has 0 aliphatic rings. The van der Waals surface area contributed by atoms with E-state index in [0.717, 1.165) is 25.5 Å². The van der Waals surface area contributed by atoms with Gasteiger partial charge >= 0.3 is 0 Å². The highest BCUT2D eigenvalue weighted by Gasteiger charge is 2.15. The van der Waals surface area contributed by atoms with Gasteiger partial charge in [0.15, 0.2) is 5.82 Å². The van der Waals surface area contributed by atoms with Gasteiger partial charge in [-0.1, -0.05) is 6.42 Å². The maximum absolute atomic E-state index is 13.3. The summed E-state index contributed by atoms with van der Waals surface area (Å²) in [7, 11) is 1.67. The Morgan fingerprint density at radius 3 is 2.88 bits per heavy atom. The molecule has 0 aliphatic heterocycles. The Morgan fingerprint density at radius 1 is 1.47 bits per heavy atom. The monoisotopic (exact) mass is 239 g/mol. The summed E-state index contributed by atoms with van der Waals surface area (Å²) in [5.74, 6) is -0.885. The molecule has 94 valence electrons. The van der Waals surface area contributed by atoms with E-state index in [2.05, 4.69) is 4.98 Å². The number of hydrogen-bond donors (Lipinski definition) is 1. The quantitative estimate of drug-likeness (QED) is 0.764. The molecule has 1 aromatic heterocycles. The van der Waals surface area contributed by atoms with Crippen molar-refractivity contribution in [2.75, 3.05) is 20.1 Å². The van der Waals surface area contributed by atoms with Crippen LogP contribution in [0.1, 0.15) is 29.6 Å². The molecule has 0 saturated carbocycles. The van der Waals surface area contributed by atoms with E-state index < -0.39 is 5.82 Å². The van der Waals surface area contributed by atoms with Crippen LogP contribution in [0.25, 0.3) is 0 Å². The van der Waals surface area contributed by atoms with E-state index in [0.29, 0.717) is 13.1 Å². The number of hydrogen-bond acceptors (Lipinski definition) is 3. The van der Waals surface area contributed by atoms with Crippen LogP contribution < -0.4 is 5.73 Å². The van der Waals surface area contributed by atoms with E-state index in [-0.39, 0.29) is 11.5 Å². The summed E-state index contributed by atoms with van der Waals surface area (Å²) < 4.78 is 13.3. The second-order valence-corrected chi connectivity index (χ2v) is 3.93. The van der Waals surface area contributed by atoms with Gasteiger partial charge in [-0.05, 0) is 25.5 Å². The average Bonchev–Trinajstić information content (AvgIpc) is 2.34. The smallest absolute Gasteiger partial charge is 0.256 e. The van der Waals surface area contributed by atoms with Crippen LogP contribution >= 0.6 is 0 Å². The molecule has 0 fully saturated rings. The first-order chi connectivity index (χ1) is 8.16. The van der Waals surface area contributed by atoms with Gasteiger partial charge in [-0.15, -0.1) is 0 Å². The molecule has 1 amide bonds. The first kappa shape index (κ1) is 13.6. The molecule has 0 spiro atoms. The third-order valence-electron chi connectivity index (χ3n) is 2.55. The minimum absolute atomic E-state index is 0.0707. The fourth-order valence-corrected chi connectivity index (χ4v) is 1.53. The van der Waals surface area contributed by atoms with E-state index in [1.807, 2.05) is 0 Å². The Kier molecular flexibility index (Phi) is 5.56. The Bertz CT molecular complexity index is 371. The zero-order valence-corrected chi connectivity index (χ0v) is 10.0. The van der Waals surface area contributed by atoms with Crippen molar-refractivity contribution in [3.63, 3.8) is 0 Å². The molecule has 0 unspecified atom stereocenters. The lowest BCUT2D eigenvalue weighted by atomic mass is 10.2. The number of rotatable bonds is 6. The normalized spacial score (nSPS) is 10.3. The lowest BCUT2D eigenvalue weighted by molar-refractivity contribution is 0.0788. The number of amides is 1. The molecule has 0 atom stereocenters. The third kappa shape index (κ3) is 4.11. The van der Waals surface area contributed by atoms with Crippen molar-refractivity contribution >= 4 is 5.91 Å². The molecule has 2 N–H and O–H groups in total. The van der Waals surface area contributed by atoms with Crippen LogP contribution in [0.15, 0.2) is 18.5 Å². The molecule has 0 aliphatic carbocycles. The Hall–Kier alpha value is -1.49. The molecule has 1 aromatic rings. The van der Waals surface area contributed by atoms with Crippen LogP contribution in [0, 0.1) is 5.82 Å². The highest BCUT2D eigenvalue weighted by Crippen LogP contribution is 2.08. The molecule has 5 heteroatoms. The highest BCUT2D eigenvalue weighted by atomic mass is 19.1. The number of aromatic nitrogens is 1. The molecular formula is C12H18FN3O. The van der Waals surface area contributed by atoms with Gasteiger partial charge in [0.1, 0.15) is 0 Å². The number of nitrogens with zero attached hydrogens (tertiary/aromatic N) is 2. The molecule has 1 rings (SSSR count). The van der Waals surface area contributed by atoms with Gasteiger partial charge in [-0.3, -0.25) is 9.78 Å².